The minimum absolute atomic E-state index is 0.0594. The number of urea groups is 1. The summed E-state index contributed by atoms with van der Waals surface area (Å²) in [7, 11) is 0. The molecule has 3 heterocycles. The number of aryl methyl sites for hydroxylation is 2. The number of rotatable bonds is 3. The standard InChI is InChI=1S/C21H24N6O/c1-14-13-23-26-20(14)16-7-10-27(11-8-16)21(28)25-18-5-3-4-17(12-18)19-6-9-22-15(2)24-19/h3-6,9,12-13,16H,7-8,10-11H2,1-2H3,(H,23,26)(H,25,28). The van der Waals surface area contributed by atoms with Crippen LogP contribution in [-0.2, 0) is 0 Å². The van der Waals surface area contributed by atoms with E-state index in [1.807, 2.05) is 48.4 Å². The van der Waals surface area contributed by atoms with E-state index in [1.165, 1.54) is 11.3 Å². The normalized spacial score (nSPS) is 14.9. The highest BCUT2D eigenvalue weighted by atomic mass is 16.2. The highest BCUT2D eigenvalue weighted by Gasteiger charge is 2.25. The van der Waals surface area contributed by atoms with Crippen LogP contribution in [0.15, 0.2) is 42.7 Å². The summed E-state index contributed by atoms with van der Waals surface area (Å²) in [6.07, 6.45) is 5.49. The van der Waals surface area contributed by atoms with Gasteiger partial charge in [-0.2, -0.15) is 5.10 Å². The van der Waals surface area contributed by atoms with Crippen molar-refractivity contribution in [2.24, 2.45) is 0 Å². The quantitative estimate of drug-likeness (QED) is 0.726. The van der Waals surface area contributed by atoms with Crippen molar-refractivity contribution in [3.8, 4) is 11.3 Å². The van der Waals surface area contributed by atoms with Gasteiger partial charge >= 0.3 is 6.03 Å². The highest BCUT2D eigenvalue weighted by Crippen LogP contribution is 2.29. The van der Waals surface area contributed by atoms with Crippen molar-refractivity contribution >= 4 is 11.7 Å². The lowest BCUT2D eigenvalue weighted by Gasteiger charge is -2.31. The molecule has 28 heavy (non-hydrogen) atoms. The van der Waals surface area contributed by atoms with E-state index in [9.17, 15) is 4.79 Å². The van der Waals surface area contributed by atoms with Gasteiger partial charge in [-0.3, -0.25) is 5.10 Å². The average molecular weight is 376 g/mol. The van der Waals surface area contributed by atoms with Crippen molar-refractivity contribution in [1.82, 2.24) is 25.1 Å². The zero-order chi connectivity index (χ0) is 19.5. The Morgan fingerprint density at radius 1 is 1.21 bits per heavy atom. The smallest absolute Gasteiger partial charge is 0.321 e. The van der Waals surface area contributed by atoms with E-state index < -0.39 is 0 Å². The molecule has 1 aliphatic heterocycles. The summed E-state index contributed by atoms with van der Waals surface area (Å²) in [4.78, 5) is 23.2. The van der Waals surface area contributed by atoms with E-state index in [2.05, 4.69) is 32.4 Å². The number of nitrogens with one attached hydrogen (secondary N) is 2. The van der Waals surface area contributed by atoms with Crippen LogP contribution in [0.3, 0.4) is 0 Å². The second-order valence-corrected chi connectivity index (χ2v) is 7.23. The largest absolute Gasteiger partial charge is 0.324 e. The molecule has 1 aliphatic rings. The van der Waals surface area contributed by atoms with Gasteiger partial charge in [0, 0.05) is 42.1 Å². The van der Waals surface area contributed by atoms with Crippen LogP contribution < -0.4 is 5.32 Å². The first-order valence-electron chi connectivity index (χ1n) is 9.56. The van der Waals surface area contributed by atoms with Crippen LogP contribution in [0.2, 0.25) is 0 Å². The van der Waals surface area contributed by atoms with E-state index in [0.29, 0.717) is 5.92 Å². The van der Waals surface area contributed by atoms with Crippen LogP contribution in [0, 0.1) is 13.8 Å². The van der Waals surface area contributed by atoms with Gasteiger partial charge in [-0.25, -0.2) is 14.8 Å². The molecule has 0 spiro atoms. The number of anilines is 1. The molecule has 0 aliphatic carbocycles. The minimum Gasteiger partial charge on any atom is -0.324 e. The SMILES string of the molecule is Cc1nccc(-c2cccc(NC(=O)N3CCC(c4[nH]ncc4C)CC3)c2)n1. The fourth-order valence-electron chi connectivity index (χ4n) is 3.72. The maximum atomic E-state index is 12.7. The molecule has 1 fully saturated rings. The lowest BCUT2D eigenvalue weighted by Crippen LogP contribution is -2.40. The Balaban J connectivity index is 1.39. The van der Waals surface area contributed by atoms with Gasteiger partial charge in [-0.15, -0.1) is 0 Å². The van der Waals surface area contributed by atoms with Crippen LogP contribution in [0.4, 0.5) is 10.5 Å². The fraction of sp³-hybridized carbons (Fsp3) is 0.333. The van der Waals surface area contributed by atoms with Gasteiger partial charge in [0.2, 0.25) is 0 Å². The Kier molecular flexibility index (Phi) is 5.06. The summed E-state index contributed by atoms with van der Waals surface area (Å²) in [5, 5.41) is 10.2. The predicted octanol–water partition coefficient (Wildman–Crippen LogP) is 3.90. The number of benzene rings is 1. The number of hydrogen-bond acceptors (Lipinski definition) is 4. The summed E-state index contributed by atoms with van der Waals surface area (Å²) in [5.41, 5.74) is 4.97. The van der Waals surface area contributed by atoms with Crippen LogP contribution in [0.1, 0.15) is 35.8 Å². The molecule has 4 rings (SSSR count). The summed E-state index contributed by atoms with van der Waals surface area (Å²) >= 11 is 0. The molecule has 7 heteroatoms. The molecule has 2 aromatic heterocycles. The van der Waals surface area contributed by atoms with Crippen LogP contribution in [-0.4, -0.2) is 44.2 Å². The van der Waals surface area contributed by atoms with Gasteiger partial charge in [-0.05, 0) is 50.5 Å². The van der Waals surface area contributed by atoms with Crippen LogP contribution >= 0.6 is 0 Å². The Labute approximate surface area is 164 Å². The number of carbonyl (C=O) groups is 1. The third kappa shape index (κ3) is 3.88. The van der Waals surface area contributed by atoms with Gasteiger partial charge < -0.3 is 10.2 Å². The number of nitrogens with zero attached hydrogens (tertiary/aromatic N) is 4. The molecule has 1 saturated heterocycles. The summed E-state index contributed by atoms with van der Waals surface area (Å²) in [5.74, 6) is 1.16. The number of aromatic nitrogens is 4. The number of hydrogen-bond donors (Lipinski definition) is 2. The number of carbonyl (C=O) groups excluding carboxylic acids is 1. The maximum Gasteiger partial charge on any atom is 0.321 e. The van der Waals surface area contributed by atoms with Gasteiger partial charge in [-0.1, -0.05) is 12.1 Å². The van der Waals surface area contributed by atoms with Crippen LogP contribution in [0.5, 0.6) is 0 Å². The lowest BCUT2D eigenvalue weighted by atomic mass is 9.92. The third-order valence-corrected chi connectivity index (χ3v) is 5.24. The molecule has 1 aromatic carbocycles. The van der Waals surface area contributed by atoms with Gasteiger partial charge in [0.15, 0.2) is 0 Å². The fourth-order valence-corrected chi connectivity index (χ4v) is 3.72. The average Bonchev–Trinajstić information content (AvgIpc) is 3.14. The van der Waals surface area contributed by atoms with E-state index in [4.69, 9.17) is 0 Å². The van der Waals surface area contributed by atoms with Gasteiger partial charge in [0.05, 0.1) is 11.9 Å². The summed E-state index contributed by atoms with van der Waals surface area (Å²) < 4.78 is 0. The summed E-state index contributed by atoms with van der Waals surface area (Å²) in [6.45, 7) is 5.41. The van der Waals surface area contributed by atoms with E-state index in [-0.39, 0.29) is 6.03 Å². The number of H-pyrrole nitrogens is 1. The van der Waals surface area contributed by atoms with E-state index in [1.54, 1.807) is 6.20 Å². The van der Waals surface area contributed by atoms with Crippen molar-refractivity contribution in [1.29, 1.82) is 0 Å². The van der Waals surface area contributed by atoms with E-state index >= 15 is 0 Å². The predicted molar refractivity (Wildman–Crippen MR) is 108 cm³/mol. The Hall–Kier alpha value is -3.22. The molecule has 2 amide bonds. The van der Waals surface area contributed by atoms with Crippen molar-refractivity contribution in [3.05, 3.63) is 59.8 Å². The number of amides is 2. The third-order valence-electron chi connectivity index (χ3n) is 5.24. The van der Waals surface area contributed by atoms with Crippen LogP contribution in [0.25, 0.3) is 11.3 Å². The van der Waals surface area contributed by atoms with Crippen molar-refractivity contribution in [3.63, 3.8) is 0 Å². The molecule has 0 bridgehead atoms. The maximum absolute atomic E-state index is 12.7. The second kappa shape index (κ2) is 7.80. The first-order chi connectivity index (χ1) is 13.6. The molecule has 3 aromatic rings. The molecule has 0 unspecified atom stereocenters. The molecule has 0 radical (unpaired) electrons. The van der Waals surface area contributed by atoms with E-state index in [0.717, 1.165) is 48.7 Å². The van der Waals surface area contributed by atoms with Gasteiger partial charge in [0.25, 0.3) is 0 Å². The van der Waals surface area contributed by atoms with Crippen molar-refractivity contribution < 1.29 is 4.79 Å². The Bertz CT molecular complexity index is 974. The Morgan fingerprint density at radius 2 is 2.04 bits per heavy atom. The molecule has 2 N–H and O–H groups in total. The molecule has 0 saturated carbocycles. The molecule has 0 atom stereocenters. The minimum atomic E-state index is -0.0594. The Morgan fingerprint density at radius 3 is 2.75 bits per heavy atom. The highest BCUT2D eigenvalue weighted by molar-refractivity contribution is 5.90. The zero-order valence-electron chi connectivity index (χ0n) is 16.1. The monoisotopic (exact) mass is 376 g/mol. The zero-order valence-corrected chi connectivity index (χ0v) is 16.1. The summed E-state index contributed by atoms with van der Waals surface area (Å²) in [6, 6.07) is 9.56. The van der Waals surface area contributed by atoms with Gasteiger partial charge in [0.1, 0.15) is 5.82 Å². The first-order valence-corrected chi connectivity index (χ1v) is 9.56. The lowest BCUT2D eigenvalue weighted by molar-refractivity contribution is 0.194. The molecule has 7 nitrogen and oxygen atoms in total. The van der Waals surface area contributed by atoms with Crippen molar-refractivity contribution in [2.75, 3.05) is 18.4 Å². The molecule has 144 valence electrons. The number of likely N-dealkylation sites (tertiary alicyclic amines) is 1. The second-order valence-electron chi connectivity index (χ2n) is 7.23. The number of aromatic amines is 1. The molecular formula is C21H24N6O. The topological polar surface area (TPSA) is 86.8 Å². The number of piperidine rings is 1. The first kappa shape index (κ1) is 18.2. The molecular weight excluding hydrogens is 352 g/mol. The van der Waals surface area contributed by atoms with Crippen molar-refractivity contribution in [2.45, 2.75) is 32.6 Å².